The molecule has 0 aromatic carbocycles. The van der Waals surface area contributed by atoms with Gasteiger partial charge < -0.3 is 29.5 Å². The summed E-state index contributed by atoms with van der Waals surface area (Å²) in [5.74, 6) is -0.342. The first-order valence-electron chi connectivity index (χ1n) is 12.4. The minimum absolute atomic E-state index is 0.0165. The van der Waals surface area contributed by atoms with Gasteiger partial charge in [0, 0.05) is 23.0 Å². The lowest BCUT2D eigenvalue weighted by atomic mass is 9.72. The second-order valence-corrected chi connectivity index (χ2v) is 11.4. The molecule has 196 valence electrons. The highest BCUT2D eigenvalue weighted by atomic mass is 19.4. The lowest BCUT2D eigenvalue weighted by molar-refractivity contribution is -0.229. The van der Waals surface area contributed by atoms with Gasteiger partial charge in [0.25, 0.3) is 0 Å². The highest BCUT2D eigenvalue weighted by Crippen LogP contribution is 2.53. The average molecular weight is 494 g/mol. The minimum Gasteiger partial charge on any atom is -0.394 e. The first kappa shape index (κ1) is 26.3. The van der Waals surface area contributed by atoms with Crippen LogP contribution in [0.15, 0.2) is 4.99 Å². The Morgan fingerprint density at radius 2 is 1.79 bits per heavy atom. The number of aliphatic imine (C=N–C) groups is 1. The van der Waals surface area contributed by atoms with Crippen LogP contribution in [-0.4, -0.2) is 83.8 Å². The van der Waals surface area contributed by atoms with Gasteiger partial charge >= 0.3 is 6.18 Å². The molecule has 4 aliphatic rings. The van der Waals surface area contributed by atoms with E-state index in [9.17, 15) is 23.4 Å². The van der Waals surface area contributed by atoms with Crippen LogP contribution >= 0.6 is 0 Å². The number of alkyl halides is 3. The zero-order valence-electron chi connectivity index (χ0n) is 20.1. The van der Waals surface area contributed by atoms with E-state index >= 15 is 0 Å². The van der Waals surface area contributed by atoms with Crippen LogP contribution in [0.25, 0.3) is 0 Å². The lowest BCUT2D eigenvalue weighted by Crippen LogP contribution is -2.51. The molecule has 0 aromatic heterocycles. The molecule has 2 saturated carbocycles. The molecule has 10 heteroatoms. The number of hydrogen-bond donors (Lipinski definition) is 3. The van der Waals surface area contributed by atoms with Crippen molar-refractivity contribution in [2.24, 2.45) is 34.1 Å². The van der Waals surface area contributed by atoms with Crippen molar-refractivity contribution in [3.63, 3.8) is 0 Å². The maximum atomic E-state index is 13.3. The predicted octanol–water partition coefficient (Wildman–Crippen LogP) is 2.70. The van der Waals surface area contributed by atoms with Crippen molar-refractivity contribution in [1.82, 2.24) is 0 Å². The SMILES string of the molecule is CC(C)(C)C(O)OC1C2CCC(C2)[C@H](O)C1C1OC1C1CCC(C(F)(F)F)N=C1COCCO. The van der Waals surface area contributed by atoms with Gasteiger partial charge in [0.15, 0.2) is 6.29 Å². The Bertz CT molecular complexity index is 741. The van der Waals surface area contributed by atoms with Crippen LogP contribution in [0.2, 0.25) is 0 Å². The molecular weight excluding hydrogens is 455 g/mol. The van der Waals surface area contributed by atoms with E-state index in [1.807, 2.05) is 20.8 Å². The molecule has 3 N–H and O–H groups in total. The number of aliphatic hydroxyl groups is 3. The Labute approximate surface area is 198 Å². The summed E-state index contributed by atoms with van der Waals surface area (Å²) >= 11 is 0. The van der Waals surface area contributed by atoms with Crippen LogP contribution in [0.4, 0.5) is 13.2 Å². The molecular formula is C24H38F3NO6. The van der Waals surface area contributed by atoms with Gasteiger partial charge in [-0.1, -0.05) is 20.8 Å². The van der Waals surface area contributed by atoms with E-state index in [4.69, 9.17) is 19.3 Å². The Kier molecular flexibility index (Phi) is 7.68. The zero-order chi connectivity index (χ0) is 24.8. The summed E-state index contributed by atoms with van der Waals surface area (Å²) in [6.45, 7) is 5.35. The molecule has 4 rings (SSSR count). The average Bonchev–Trinajstić information content (AvgIpc) is 3.39. The molecule has 0 radical (unpaired) electrons. The van der Waals surface area contributed by atoms with Crippen LogP contribution in [-0.2, 0) is 14.2 Å². The lowest BCUT2D eigenvalue weighted by Gasteiger charge is -2.42. The molecule has 2 bridgehead atoms. The predicted molar refractivity (Wildman–Crippen MR) is 117 cm³/mol. The van der Waals surface area contributed by atoms with Crippen molar-refractivity contribution in [3.8, 4) is 0 Å². The molecule has 0 amide bonds. The maximum absolute atomic E-state index is 13.3. The van der Waals surface area contributed by atoms with Gasteiger partial charge in [-0.15, -0.1) is 0 Å². The second-order valence-electron chi connectivity index (χ2n) is 11.4. The van der Waals surface area contributed by atoms with Gasteiger partial charge in [0.2, 0.25) is 0 Å². The molecule has 0 aromatic rings. The molecule has 3 fully saturated rings. The minimum atomic E-state index is -4.42. The number of fused-ring (bicyclic) bond motifs is 2. The zero-order valence-corrected chi connectivity index (χ0v) is 20.1. The molecule has 10 atom stereocenters. The van der Waals surface area contributed by atoms with Crippen LogP contribution < -0.4 is 0 Å². The largest absolute Gasteiger partial charge is 0.410 e. The van der Waals surface area contributed by atoms with E-state index < -0.39 is 30.0 Å². The molecule has 2 aliphatic heterocycles. The van der Waals surface area contributed by atoms with E-state index in [0.29, 0.717) is 5.71 Å². The highest BCUT2D eigenvalue weighted by molar-refractivity contribution is 5.89. The summed E-state index contributed by atoms with van der Waals surface area (Å²) < 4.78 is 57.6. The fraction of sp³-hybridized carbons (Fsp3) is 0.958. The van der Waals surface area contributed by atoms with Crippen molar-refractivity contribution in [2.75, 3.05) is 19.8 Å². The summed E-state index contributed by atoms with van der Waals surface area (Å²) in [4.78, 5) is 3.98. The molecule has 2 heterocycles. The molecule has 1 saturated heterocycles. The number of nitrogens with zero attached hydrogens (tertiary/aromatic N) is 1. The Hall–Kier alpha value is -0.780. The third-order valence-electron chi connectivity index (χ3n) is 7.96. The topological polar surface area (TPSA) is 104 Å². The van der Waals surface area contributed by atoms with Crippen LogP contribution in [0.3, 0.4) is 0 Å². The van der Waals surface area contributed by atoms with Gasteiger partial charge in [-0.25, -0.2) is 0 Å². The van der Waals surface area contributed by atoms with E-state index in [1.165, 1.54) is 0 Å². The van der Waals surface area contributed by atoms with Gasteiger partial charge in [-0.2, -0.15) is 13.2 Å². The number of rotatable bonds is 8. The van der Waals surface area contributed by atoms with Crippen LogP contribution in [0.1, 0.15) is 52.9 Å². The number of ether oxygens (including phenoxy) is 3. The Balaban J connectivity index is 1.52. The summed E-state index contributed by atoms with van der Waals surface area (Å²) in [6.07, 6.45) is -4.41. The fourth-order valence-corrected chi connectivity index (χ4v) is 6.03. The quantitative estimate of drug-likeness (QED) is 0.273. The maximum Gasteiger partial charge on any atom is 0.410 e. The van der Waals surface area contributed by atoms with Gasteiger partial charge in [-0.05, 0) is 43.9 Å². The van der Waals surface area contributed by atoms with E-state index in [2.05, 4.69) is 4.99 Å². The van der Waals surface area contributed by atoms with Gasteiger partial charge in [-0.3, -0.25) is 4.99 Å². The number of epoxide rings is 1. The number of aliphatic hydroxyl groups excluding tert-OH is 3. The van der Waals surface area contributed by atoms with Crippen molar-refractivity contribution in [2.45, 2.75) is 95.8 Å². The smallest absolute Gasteiger partial charge is 0.394 e. The molecule has 34 heavy (non-hydrogen) atoms. The summed E-state index contributed by atoms with van der Waals surface area (Å²) in [6, 6.07) is -1.76. The summed E-state index contributed by atoms with van der Waals surface area (Å²) in [5.41, 5.74) is -0.191. The Morgan fingerprint density at radius 1 is 1.09 bits per heavy atom. The third kappa shape index (κ3) is 5.47. The van der Waals surface area contributed by atoms with Crippen LogP contribution in [0, 0.1) is 29.1 Å². The number of halogens is 3. The summed E-state index contributed by atoms with van der Waals surface area (Å²) in [7, 11) is 0. The third-order valence-corrected chi connectivity index (χ3v) is 7.96. The normalized spacial score (nSPS) is 41.3. The standard InChI is InChI=1S/C24H38F3NO6/c1-23(2,3)22(31)34-19-13-5-4-12(10-13)18(30)17(19)21-20(33-21)14-6-7-16(24(25,26)27)28-15(14)11-32-9-8-29/h12-14,16-22,29-31H,4-11H2,1-3H3/t12?,13?,14?,16?,17?,18-,19?,20?,21?,22?/m0/s1. The van der Waals surface area contributed by atoms with Crippen molar-refractivity contribution in [3.05, 3.63) is 0 Å². The van der Waals surface area contributed by atoms with E-state index in [0.717, 1.165) is 19.3 Å². The number of hydrogen-bond acceptors (Lipinski definition) is 7. The monoisotopic (exact) mass is 493 g/mol. The highest BCUT2D eigenvalue weighted by Gasteiger charge is 2.61. The molecule has 0 spiro atoms. The van der Waals surface area contributed by atoms with E-state index in [1.54, 1.807) is 0 Å². The van der Waals surface area contributed by atoms with Gasteiger partial charge in [0.05, 0.1) is 44.2 Å². The first-order valence-corrected chi connectivity index (χ1v) is 12.4. The Morgan fingerprint density at radius 3 is 2.44 bits per heavy atom. The van der Waals surface area contributed by atoms with Crippen molar-refractivity contribution < 1.29 is 42.7 Å². The first-order chi connectivity index (χ1) is 15.9. The molecule has 9 unspecified atom stereocenters. The van der Waals surface area contributed by atoms with Crippen molar-refractivity contribution in [1.29, 1.82) is 0 Å². The fourth-order valence-electron chi connectivity index (χ4n) is 6.03. The second kappa shape index (κ2) is 9.94. The van der Waals surface area contributed by atoms with Crippen molar-refractivity contribution >= 4 is 5.71 Å². The van der Waals surface area contributed by atoms with E-state index in [-0.39, 0.29) is 74.6 Å². The van der Waals surface area contributed by atoms with Crippen LogP contribution in [0.5, 0.6) is 0 Å². The summed E-state index contributed by atoms with van der Waals surface area (Å²) in [5, 5.41) is 30.8. The molecule has 2 aliphatic carbocycles. The van der Waals surface area contributed by atoms with Gasteiger partial charge in [0.1, 0.15) is 6.04 Å². The molecule has 7 nitrogen and oxygen atoms in total.